The predicted octanol–water partition coefficient (Wildman–Crippen LogP) is 4.79. The first-order valence-electron chi connectivity index (χ1n) is 8.31. The van der Waals surface area contributed by atoms with Crippen LogP contribution < -0.4 is 10.6 Å². The molecule has 4 nitrogen and oxygen atoms in total. The van der Waals surface area contributed by atoms with E-state index < -0.39 is 0 Å². The van der Waals surface area contributed by atoms with Gasteiger partial charge in [-0.15, -0.1) is 0 Å². The Bertz CT molecular complexity index is 730. The minimum absolute atomic E-state index is 0.118. The summed E-state index contributed by atoms with van der Waals surface area (Å²) in [6.45, 7) is 12.3. The van der Waals surface area contributed by atoms with Crippen LogP contribution in [0, 0.1) is 6.92 Å². The van der Waals surface area contributed by atoms with E-state index >= 15 is 0 Å². The number of carbonyl (C=O) groups is 1. The molecule has 2 aromatic rings. The molecule has 1 aromatic carbocycles. The van der Waals surface area contributed by atoms with Crippen molar-refractivity contribution in [2.75, 3.05) is 5.32 Å². The van der Waals surface area contributed by atoms with Crippen LogP contribution in [-0.2, 0) is 0 Å². The molecule has 24 heavy (non-hydrogen) atoms. The summed E-state index contributed by atoms with van der Waals surface area (Å²) in [5.74, 6) is 0.292. The molecule has 0 saturated heterocycles. The third-order valence-corrected chi connectivity index (χ3v) is 3.69. The van der Waals surface area contributed by atoms with Gasteiger partial charge in [0.25, 0.3) is 5.91 Å². The number of rotatable bonds is 4. The van der Waals surface area contributed by atoms with Crippen molar-refractivity contribution in [2.45, 2.75) is 53.0 Å². The highest BCUT2D eigenvalue weighted by Crippen LogP contribution is 2.30. The SMILES string of the molecule is Cc1cccc(C(C)C)c1Nc1cncc(C(=O)NC(C)(C)C)c1. The van der Waals surface area contributed by atoms with E-state index in [4.69, 9.17) is 0 Å². The molecular formula is C20H27N3O. The van der Waals surface area contributed by atoms with Gasteiger partial charge in [0.2, 0.25) is 0 Å². The Morgan fingerprint density at radius 2 is 1.88 bits per heavy atom. The van der Waals surface area contributed by atoms with Gasteiger partial charge in [-0.05, 0) is 50.8 Å². The molecule has 0 fully saturated rings. The smallest absolute Gasteiger partial charge is 0.253 e. The number of aryl methyl sites for hydroxylation is 1. The summed E-state index contributed by atoms with van der Waals surface area (Å²) in [6.07, 6.45) is 3.33. The van der Waals surface area contributed by atoms with Gasteiger partial charge in [-0.1, -0.05) is 32.0 Å². The van der Waals surface area contributed by atoms with Crippen molar-refractivity contribution in [2.24, 2.45) is 0 Å². The number of amides is 1. The summed E-state index contributed by atoms with van der Waals surface area (Å²) in [7, 11) is 0. The van der Waals surface area contributed by atoms with Crippen LogP contribution in [0.15, 0.2) is 36.7 Å². The molecule has 1 aromatic heterocycles. The van der Waals surface area contributed by atoms with Gasteiger partial charge in [-0.3, -0.25) is 9.78 Å². The van der Waals surface area contributed by atoms with Gasteiger partial charge >= 0.3 is 0 Å². The van der Waals surface area contributed by atoms with Gasteiger partial charge in [0, 0.05) is 17.4 Å². The highest BCUT2D eigenvalue weighted by atomic mass is 16.1. The monoisotopic (exact) mass is 325 g/mol. The molecule has 0 aliphatic rings. The Morgan fingerprint density at radius 3 is 2.50 bits per heavy atom. The number of hydrogen-bond acceptors (Lipinski definition) is 3. The number of benzene rings is 1. The van der Waals surface area contributed by atoms with Gasteiger partial charge < -0.3 is 10.6 Å². The normalized spacial score (nSPS) is 11.5. The largest absolute Gasteiger partial charge is 0.354 e. The summed E-state index contributed by atoms with van der Waals surface area (Å²) in [6, 6.07) is 8.12. The molecule has 0 radical (unpaired) electrons. The Balaban J connectivity index is 2.30. The van der Waals surface area contributed by atoms with E-state index in [2.05, 4.69) is 54.6 Å². The number of hydrogen-bond donors (Lipinski definition) is 2. The van der Waals surface area contributed by atoms with Crippen LogP contribution in [0.3, 0.4) is 0 Å². The van der Waals surface area contributed by atoms with E-state index in [1.54, 1.807) is 12.4 Å². The van der Waals surface area contributed by atoms with Crippen LogP contribution in [0.25, 0.3) is 0 Å². The molecule has 0 spiro atoms. The van der Waals surface area contributed by atoms with Gasteiger partial charge in [-0.2, -0.15) is 0 Å². The van der Waals surface area contributed by atoms with Crippen LogP contribution in [0.2, 0.25) is 0 Å². The third-order valence-electron chi connectivity index (χ3n) is 3.69. The minimum Gasteiger partial charge on any atom is -0.354 e. The molecule has 2 rings (SSSR count). The summed E-state index contributed by atoms with van der Waals surface area (Å²) in [5.41, 5.74) is 4.59. The molecule has 0 aliphatic carbocycles. The van der Waals surface area contributed by atoms with E-state index in [0.29, 0.717) is 11.5 Å². The van der Waals surface area contributed by atoms with Gasteiger partial charge in [0.15, 0.2) is 0 Å². The quantitative estimate of drug-likeness (QED) is 0.850. The van der Waals surface area contributed by atoms with Crippen LogP contribution in [0.4, 0.5) is 11.4 Å². The maximum atomic E-state index is 12.3. The average molecular weight is 325 g/mol. The fourth-order valence-electron chi connectivity index (χ4n) is 2.53. The predicted molar refractivity (Wildman–Crippen MR) is 100 cm³/mol. The van der Waals surface area contributed by atoms with Crippen LogP contribution in [0.1, 0.15) is 62.0 Å². The van der Waals surface area contributed by atoms with E-state index in [9.17, 15) is 4.79 Å². The van der Waals surface area contributed by atoms with E-state index in [1.165, 1.54) is 11.1 Å². The summed E-state index contributed by atoms with van der Waals surface area (Å²) in [5, 5.41) is 6.40. The number of pyridine rings is 1. The van der Waals surface area contributed by atoms with Crippen molar-refractivity contribution in [3.63, 3.8) is 0 Å². The van der Waals surface area contributed by atoms with Crippen molar-refractivity contribution >= 4 is 17.3 Å². The Kier molecular flexibility index (Phi) is 5.27. The highest BCUT2D eigenvalue weighted by Gasteiger charge is 2.16. The maximum Gasteiger partial charge on any atom is 0.253 e. The van der Waals surface area contributed by atoms with Gasteiger partial charge in [-0.25, -0.2) is 0 Å². The molecule has 0 saturated carbocycles. The second-order valence-electron chi connectivity index (χ2n) is 7.49. The maximum absolute atomic E-state index is 12.3. The fourth-order valence-corrected chi connectivity index (χ4v) is 2.53. The lowest BCUT2D eigenvalue weighted by Crippen LogP contribution is -2.40. The zero-order valence-corrected chi connectivity index (χ0v) is 15.4. The van der Waals surface area contributed by atoms with Crippen LogP contribution in [-0.4, -0.2) is 16.4 Å². The second kappa shape index (κ2) is 7.04. The number of nitrogens with zero attached hydrogens (tertiary/aromatic N) is 1. The first kappa shape index (κ1) is 18.0. The minimum atomic E-state index is -0.276. The van der Waals surface area contributed by atoms with Crippen molar-refractivity contribution in [1.82, 2.24) is 10.3 Å². The van der Waals surface area contributed by atoms with Crippen molar-refractivity contribution in [1.29, 1.82) is 0 Å². The Hall–Kier alpha value is -2.36. The molecule has 2 N–H and O–H groups in total. The standard InChI is InChI=1S/C20H27N3O/c1-13(2)17-9-7-8-14(3)18(17)22-16-10-15(11-21-12-16)19(24)23-20(4,5)6/h7-13,22H,1-6H3,(H,23,24). The molecular weight excluding hydrogens is 298 g/mol. The first-order chi connectivity index (χ1) is 11.2. The molecule has 128 valence electrons. The van der Waals surface area contributed by atoms with Crippen LogP contribution in [0.5, 0.6) is 0 Å². The number of nitrogens with one attached hydrogen (secondary N) is 2. The molecule has 0 aliphatic heterocycles. The van der Waals surface area contributed by atoms with Gasteiger partial charge in [0.05, 0.1) is 17.4 Å². The summed E-state index contributed by atoms with van der Waals surface area (Å²) in [4.78, 5) is 16.5. The number of para-hydroxylation sites is 1. The topological polar surface area (TPSA) is 54.0 Å². The fraction of sp³-hybridized carbons (Fsp3) is 0.400. The first-order valence-corrected chi connectivity index (χ1v) is 8.31. The molecule has 1 heterocycles. The van der Waals surface area contributed by atoms with Gasteiger partial charge in [0.1, 0.15) is 0 Å². The van der Waals surface area contributed by atoms with Crippen molar-refractivity contribution < 1.29 is 4.79 Å². The summed E-state index contributed by atoms with van der Waals surface area (Å²) < 4.78 is 0. The molecule has 0 bridgehead atoms. The Morgan fingerprint density at radius 1 is 1.17 bits per heavy atom. The van der Waals surface area contributed by atoms with E-state index in [-0.39, 0.29) is 11.4 Å². The van der Waals surface area contributed by atoms with Crippen molar-refractivity contribution in [3.8, 4) is 0 Å². The highest BCUT2D eigenvalue weighted by molar-refractivity contribution is 5.95. The third kappa shape index (κ3) is 4.57. The van der Waals surface area contributed by atoms with Crippen LogP contribution >= 0.6 is 0 Å². The number of carbonyl (C=O) groups excluding carboxylic acids is 1. The van der Waals surface area contributed by atoms with E-state index in [1.807, 2.05) is 26.8 Å². The van der Waals surface area contributed by atoms with Crippen molar-refractivity contribution in [3.05, 3.63) is 53.3 Å². The zero-order valence-electron chi connectivity index (χ0n) is 15.4. The Labute approximate surface area is 144 Å². The number of aromatic nitrogens is 1. The molecule has 0 unspecified atom stereocenters. The second-order valence-corrected chi connectivity index (χ2v) is 7.49. The lowest BCUT2D eigenvalue weighted by Gasteiger charge is -2.21. The molecule has 1 amide bonds. The zero-order chi connectivity index (χ0) is 17.9. The lowest BCUT2D eigenvalue weighted by atomic mass is 9.98. The van der Waals surface area contributed by atoms with E-state index in [0.717, 1.165) is 11.4 Å². The molecule has 4 heteroatoms. The summed E-state index contributed by atoms with van der Waals surface area (Å²) >= 11 is 0. The molecule has 0 atom stereocenters. The average Bonchev–Trinajstić information content (AvgIpc) is 2.47. The lowest BCUT2D eigenvalue weighted by molar-refractivity contribution is 0.0919. The number of anilines is 2.